The van der Waals surface area contributed by atoms with Crippen LogP contribution in [0.15, 0.2) is 60.3 Å². The number of carbonyl (C=O) groups is 2. The lowest BCUT2D eigenvalue weighted by Gasteiger charge is -2.15. The topological polar surface area (TPSA) is 92.6 Å². The lowest BCUT2D eigenvalue weighted by molar-refractivity contribution is -0.385. The molecule has 0 saturated heterocycles. The third kappa shape index (κ3) is 3.61. The smallest absolute Gasteiger partial charge is 0.277 e. The van der Waals surface area contributed by atoms with Crippen molar-refractivity contribution in [2.24, 2.45) is 0 Å². The predicted octanol–water partition coefficient (Wildman–Crippen LogP) is 2.81. The van der Waals surface area contributed by atoms with Crippen LogP contribution in [-0.4, -0.2) is 28.2 Å². The molecule has 1 heterocycles. The summed E-state index contributed by atoms with van der Waals surface area (Å²) in [5.41, 5.74) is 2.01. The van der Waals surface area contributed by atoms with Gasteiger partial charge in [0.15, 0.2) is 0 Å². The first kappa shape index (κ1) is 17.3. The normalized spacial score (nSPS) is 13.7. The molecule has 1 aliphatic rings. The highest BCUT2D eigenvalue weighted by molar-refractivity contribution is 6.17. The van der Waals surface area contributed by atoms with E-state index in [1.807, 2.05) is 30.3 Å². The van der Waals surface area contributed by atoms with Gasteiger partial charge in [-0.05, 0) is 25.0 Å². The molecule has 2 aromatic carbocycles. The van der Waals surface area contributed by atoms with Gasteiger partial charge in [0.2, 0.25) is 0 Å². The second kappa shape index (κ2) is 7.18. The monoisotopic (exact) mass is 351 g/mol. The van der Waals surface area contributed by atoms with Gasteiger partial charge in [0.1, 0.15) is 5.70 Å². The number of nitro benzene ring substituents is 1. The van der Waals surface area contributed by atoms with Crippen LogP contribution in [0.2, 0.25) is 0 Å². The largest absolute Gasteiger partial charge is 0.351 e. The van der Waals surface area contributed by atoms with E-state index in [4.69, 9.17) is 0 Å². The molecule has 0 aromatic heterocycles. The van der Waals surface area contributed by atoms with E-state index in [0.29, 0.717) is 17.7 Å². The van der Waals surface area contributed by atoms with Crippen molar-refractivity contribution >= 4 is 23.2 Å². The first-order chi connectivity index (χ1) is 12.5. The number of benzene rings is 2. The Hall–Kier alpha value is -3.48. The summed E-state index contributed by atoms with van der Waals surface area (Å²) in [4.78, 5) is 36.3. The fraction of sp³-hybridized carbons (Fsp3) is 0.158. The minimum absolute atomic E-state index is 0.0479. The van der Waals surface area contributed by atoms with E-state index in [0.717, 1.165) is 10.5 Å². The Kier molecular flexibility index (Phi) is 4.79. The number of aryl methyl sites for hydroxylation is 1. The zero-order chi connectivity index (χ0) is 18.7. The van der Waals surface area contributed by atoms with E-state index < -0.39 is 16.7 Å². The van der Waals surface area contributed by atoms with Gasteiger partial charge >= 0.3 is 0 Å². The minimum Gasteiger partial charge on any atom is -0.351 e. The third-order valence-electron chi connectivity index (χ3n) is 4.16. The third-order valence-corrected chi connectivity index (χ3v) is 4.16. The maximum atomic E-state index is 12.5. The molecular formula is C19H17N3O4. The highest BCUT2D eigenvalue weighted by Gasteiger charge is 2.31. The number of hydrogen-bond donors (Lipinski definition) is 1. The van der Waals surface area contributed by atoms with Crippen molar-refractivity contribution in [3.63, 3.8) is 0 Å². The maximum absolute atomic E-state index is 12.5. The zero-order valence-corrected chi connectivity index (χ0v) is 14.1. The molecular weight excluding hydrogens is 334 g/mol. The predicted molar refractivity (Wildman–Crippen MR) is 96.4 cm³/mol. The molecule has 0 fully saturated rings. The van der Waals surface area contributed by atoms with Gasteiger partial charge in [-0.15, -0.1) is 0 Å². The summed E-state index contributed by atoms with van der Waals surface area (Å²) >= 11 is 0. The molecule has 2 amide bonds. The van der Waals surface area contributed by atoms with Crippen LogP contribution in [0.1, 0.15) is 11.1 Å². The van der Waals surface area contributed by atoms with Gasteiger partial charge in [-0.2, -0.15) is 0 Å². The number of nitro groups is 1. The van der Waals surface area contributed by atoms with Crippen molar-refractivity contribution in [2.75, 3.05) is 11.9 Å². The van der Waals surface area contributed by atoms with Gasteiger partial charge in [0.05, 0.1) is 4.92 Å². The van der Waals surface area contributed by atoms with Crippen molar-refractivity contribution in [3.05, 3.63) is 81.5 Å². The van der Waals surface area contributed by atoms with E-state index in [1.165, 1.54) is 12.1 Å². The highest BCUT2D eigenvalue weighted by atomic mass is 16.6. The molecule has 7 nitrogen and oxygen atoms in total. The summed E-state index contributed by atoms with van der Waals surface area (Å²) in [5.74, 6) is -0.829. The summed E-state index contributed by atoms with van der Waals surface area (Å²) in [6.07, 6.45) is 1.79. The van der Waals surface area contributed by atoms with Gasteiger partial charge in [0, 0.05) is 29.9 Å². The van der Waals surface area contributed by atoms with Gasteiger partial charge < -0.3 is 5.32 Å². The van der Waals surface area contributed by atoms with Crippen LogP contribution in [0.5, 0.6) is 0 Å². The average molecular weight is 351 g/mol. The van der Waals surface area contributed by atoms with Crippen molar-refractivity contribution in [3.8, 4) is 0 Å². The van der Waals surface area contributed by atoms with E-state index in [9.17, 15) is 19.7 Å². The molecule has 26 heavy (non-hydrogen) atoms. The van der Waals surface area contributed by atoms with Crippen LogP contribution in [0, 0.1) is 17.0 Å². The quantitative estimate of drug-likeness (QED) is 0.491. The van der Waals surface area contributed by atoms with Gasteiger partial charge in [-0.3, -0.25) is 24.6 Å². The van der Waals surface area contributed by atoms with Crippen molar-refractivity contribution in [2.45, 2.75) is 13.3 Å². The SMILES string of the molecule is Cc1ccc(NC2=CC(=O)N(CCc3ccccc3)C2=O)cc1[N+](=O)[O-]. The lowest BCUT2D eigenvalue weighted by Crippen LogP contribution is -2.33. The first-order valence-corrected chi connectivity index (χ1v) is 8.09. The van der Waals surface area contributed by atoms with Crippen molar-refractivity contribution in [1.29, 1.82) is 0 Å². The lowest BCUT2D eigenvalue weighted by atomic mass is 10.1. The van der Waals surface area contributed by atoms with Crippen LogP contribution in [0.25, 0.3) is 0 Å². The number of amides is 2. The molecule has 132 valence electrons. The molecule has 0 unspecified atom stereocenters. The Balaban J connectivity index is 1.69. The zero-order valence-electron chi connectivity index (χ0n) is 14.1. The molecule has 7 heteroatoms. The molecule has 0 saturated carbocycles. The summed E-state index contributed by atoms with van der Waals surface area (Å²) in [5, 5.41) is 13.8. The summed E-state index contributed by atoms with van der Waals surface area (Å²) in [7, 11) is 0. The van der Waals surface area contributed by atoms with Crippen molar-refractivity contribution in [1.82, 2.24) is 4.90 Å². The average Bonchev–Trinajstić information content (AvgIpc) is 2.89. The van der Waals surface area contributed by atoms with Crippen LogP contribution in [0.3, 0.4) is 0 Å². The Morgan fingerprint density at radius 3 is 2.54 bits per heavy atom. The molecule has 0 aliphatic carbocycles. The van der Waals surface area contributed by atoms with E-state index in [-0.39, 0.29) is 17.9 Å². The fourth-order valence-electron chi connectivity index (χ4n) is 2.73. The number of hydrogen-bond acceptors (Lipinski definition) is 5. The summed E-state index contributed by atoms with van der Waals surface area (Å²) in [6.45, 7) is 1.91. The maximum Gasteiger partial charge on any atom is 0.277 e. The number of rotatable bonds is 6. The van der Waals surface area contributed by atoms with Gasteiger partial charge in [-0.25, -0.2) is 0 Å². The van der Waals surface area contributed by atoms with Crippen LogP contribution in [0.4, 0.5) is 11.4 Å². The Labute approximate surface area is 150 Å². The number of carbonyl (C=O) groups excluding carboxylic acids is 2. The number of nitrogens with zero attached hydrogens (tertiary/aromatic N) is 2. The molecule has 2 aromatic rings. The molecule has 1 aliphatic heterocycles. The Bertz CT molecular complexity index is 906. The fourth-order valence-corrected chi connectivity index (χ4v) is 2.73. The van der Waals surface area contributed by atoms with Crippen LogP contribution >= 0.6 is 0 Å². The Morgan fingerprint density at radius 2 is 1.85 bits per heavy atom. The summed E-state index contributed by atoms with van der Waals surface area (Å²) in [6, 6.07) is 14.1. The molecule has 3 rings (SSSR count). The van der Waals surface area contributed by atoms with Gasteiger partial charge in [-0.1, -0.05) is 36.4 Å². The summed E-state index contributed by atoms with van der Waals surface area (Å²) < 4.78 is 0. The molecule has 0 bridgehead atoms. The molecule has 0 radical (unpaired) electrons. The van der Waals surface area contributed by atoms with E-state index >= 15 is 0 Å². The Morgan fingerprint density at radius 1 is 1.12 bits per heavy atom. The standard InChI is InChI=1S/C19H17N3O4/c1-13-7-8-15(11-17(13)22(25)26)20-16-12-18(23)21(19(16)24)10-9-14-5-3-2-4-6-14/h2-8,11-12,20H,9-10H2,1H3. The van der Waals surface area contributed by atoms with E-state index in [1.54, 1.807) is 19.1 Å². The first-order valence-electron chi connectivity index (χ1n) is 8.09. The minimum atomic E-state index is -0.483. The molecule has 0 spiro atoms. The van der Waals surface area contributed by atoms with Gasteiger partial charge in [0.25, 0.3) is 17.5 Å². The molecule has 1 N–H and O–H groups in total. The van der Waals surface area contributed by atoms with Crippen LogP contribution < -0.4 is 5.32 Å². The van der Waals surface area contributed by atoms with E-state index in [2.05, 4.69) is 5.32 Å². The highest BCUT2D eigenvalue weighted by Crippen LogP contribution is 2.24. The van der Waals surface area contributed by atoms with Crippen LogP contribution in [-0.2, 0) is 16.0 Å². The molecule has 0 atom stereocenters. The number of imide groups is 1. The number of nitrogens with one attached hydrogen (secondary N) is 1. The van der Waals surface area contributed by atoms with Crippen molar-refractivity contribution < 1.29 is 14.5 Å². The number of anilines is 1. The second-order valence-corrected chi connectivity index (χ2v) is 5.97. The second-order valence-electron chi connectivity index (χ2n) is 5.97.